The van der Waals surface area contributed by atoms with Crippen molar-refractivity contribution < 1.29 is 33.1 Å². The van der Waals surface area contributed by atoms with E-state index in [0.29, 0.717) is 22.8 Å². The SMILES string of the molecule is COc1ccc([C@H]2C(C(=O)c3ccco3)=C(O)C(=O)N2c2cc(C)on2)cc1OC. The summed E-state index contributed by atoms with van der Waals surface area (Å²) in [5.41, 5.74) is 0.364. The van der Waals surface area contributed by atoms with Crippen LogP contribution in [0.2, 0.25) is 0 Å². The number of carbonyl (C=O) groups excluding carboxylic acids is 2. The molecule has 1 atom stereocenters. The van der Waals surface area contributed by atoms with Gasteiger partial charge in [-0.25, -0.2) is 0 Å². The first-order valence-electron chi connectivity index (χ1n) is 8.96. The Morgan fingerprint density at radius 1 is 1.17 bits per heavy atom. The zero-order chi connectivity index (χ0) is 21.4. The number of hydrogen-bond acceptors (Lipinski definition) is 8. The fourth-order valence-corrected chi connectivity index (χ4v) is 3.42. The van der Waals surface area contributed by atoms with Crippen molar-refractivity contribution >= 4 is 17.5 Å². The van der Waals surface area contributed by atoms with Gasteiger partial charge in [-0.05, 0) is 36.8 Å². The average Bonchev–Trinajstić information content (AvgIpc) is 3.48. The number of aliphatic hydroxyl groups excluding tert-OH is 1. The molecule has 1 amide bonds. The number of ether oxygens (including phenoxy) is 2. The molecule has 3 heterocycles. The van der Waals surface area contributed by atoms with E-state index in [-0.39, 0.29) is 17.2 Å². The van der Waals surface area contributed by atoms with E-state index in [4.69, 9.17) is 18.4 Å². The number of anilines is 1. The van der Waals surface area contributed by atoms with Crippen molar-refractivity contribution in [3.8, 4) is 11.5 Å². The van der Waals surface area contributed by atoms with Gasteiger partial charge in [-0.1, -0.05) is 11.2 Å². The zero-order valence-corrected chi connectivity index (χ0v) is 16.4. The summed E-state index contributed by atoms with van der Waals surface area (Å²) in [6.45, 7) is 1.67. The van der Waals surface area contributed by atoms with E-state index in [1.165, 1.54) is 31.4 Å². The molecular weight excluding hydrogens is 392 g/mol. The number of ketones is 1. The van der Waals surface area contributed by atoms with Gasteiger partial charge in [0, 0.05) is 6.07 Å². The third-order valence-corrected chi connectivity index (χ3v) is 4.78. The van der Waals surface area contributed by atoms with Crippen molar-refractivity contribution in [2.45, 2.75) is 13.0 Å². The van der Waals surface area contributed by atoms with Crippen LogP contribution in [0.3, 0.4) is 0 Å². The van der Waals surface area contributed by atoms with Crippen molar-refractivity contribution in [1.29, 1.82) is 0 Å². The standard InChI is InChI=1S/C21H18N2O7/c1-11-9-16(22-30-11)23-18(12-6-7-13(27-2)15(10-12)28-3)17(20(25)21(23)26)19(24)14-5-4-8-29-14/h4-10,18,25H,1-3H3/t18-/m0/s1. The van der Waals surface area contributed by atoms with Crippen LogP contribution < -0.4 is 14.4 Å². The highest BCUT2D eigenvalue weighted by Crippen LogP contribution is 2.43. The van der Waals surface area contributed by atoms with Gasteiger partial charge in [-0.2, -0.15) is 0 Å². The summed E-state index contributed by atoms with van der Waals surface area (Å²) < 4.78 is 20.9. The van der Waals surface area contributed by atoms with Gasteiger partial charge in [0.1, 0.15) is 5.76 Å². The molecule has 4 rings (SSSR count). The lowest BCUT2D eigenvalue weighted by Gasteiger charge is -2.24. The summed E-state index contributed by atoms with van der Waals surface area (Å²) in [5, 5.41) is 14.5. The molecule has 154 valence electrons. The number of Topliss-reactive ketones (excluding diaryl/α,β-unsaturated/α-hetero) is 1. The third-order valence-electron chi connectivity index (χ3n) is 4.78. The lowest BCUT2D eigenvalue weighted by Crippen LogP contribution is -2.31. The van der Waals surface area contributed by atoms with E-state index >= 15 is 0 Å². The Balaban J connectivity index is 1.90. The number of hydrogen-bond donors (Lipinski definition) is 1. The Bertz CT molecular complexity index is 1140. The van der Waals surface area contributed by atoms with Crippen LogP contribution in [-0.4, -0.2) is 36.2 Å². The first-order valence-corrected chi connectivity index (χ1v) is 8.96. The number of nitrogens with zero attached hydrogens (tertiary/aromatic N) is 2. The van der Waals surface area contributed by atoms with Crippen molar-refractivity contribution in [1.82, 2.24) is 5.16 Å². The van der Waals surface area contributed by atoms with Gasteiger partial charge < -0.3 is 23.5 Å². The van der Waals surface area contributed by atoms with Crippen LogP contribution in [0, 0.1) is 6.92 Å². The maximum Gasteiger partial charge on any atom is 0.295 e. The van der Waals surface area contributed by atoms with Crippen LogP contribution in [0.5, 0.6) is 11.5 Å². The van der Waals surface area contributed by atoms with Gasteiger partial charge in [0.15, 0.2) is 28.8 Å². The number of aromatic nitrogens is 1. The molecule has 2 aromatic heterocycles. The minimum absolute atomic E-state index is 0.00647. The van der Waals surface area contributed by atoms with Crippen molar-refractivity contribution in [2.24, 2.45) is 0 Å². The molecule has 0 fully saturated rings. The number of methoxy groups -OCH3 is 2. The molecule has 9 heteroatoms. The van der Waals surface area contributed by atoms with Gasteiger partial charge in [0.2, 0.25) is 5.78 Å². The summed E-state index contributed by atoms with van der Waals surface area (Å²) >= 11 is 0. The highest BCUT2D eigenvalue weighted by Gasteiger charge is 2.46. The van der Waals surface area contributed by atoms with E-state index in [2.05, 4.69) is 5.16 Å². The molecule has 1 aliphatic rings. The summed E-state index contributed by atoms with van der Waals surface area (Å²) in [6, 6.07) is 8.51. The molecule has 0 saturated heterocycles. The highest BCUT2D eigenvalue weighted by molar-refractivity contribution is 6.19. The second-order valence-electron chi connectivity index (χ2n) is 6.56. The van der Waals surface area contributed by atoms with E-state index in [9.17, 15) is 14.7 Å². The zero-order valence-electron chi connectivity index (χ0n) is 16.4. The monoisotopic (exact) mass is 410 g/mol. The van der Waals surface area contributed by atoms with Crippen LogP contribution in [0.4, 0.5) is 5.82 Å². The lowest BCUT2D eigenvalue weighted by molar-refractivity contribution is -0.117. The Labute approximate surface area is 171 Å². The number of amides is 1. The van der Waals surface area contributed by atoms with Crippen LogP contribution in [0.25, 0.3) is 0 Å². The molecule has 9 nitrogen and oxygen atoms in total. The topological polar surface area (TPSA) is 115 Å². The van der Waals surface area contributed by atoms with E-state index in [1.807, 2.05) is 0 Å². The number of aryl methyl sites for hydroxylation is 1. The number of aliphatic hydroxyl groups is 1. The van der Waals surface area contributed by atoms with E-state index in [1.54, 1.807) is 37.3 Å². The molecule has 1 aromatic carbocycles. The normalized spacial score (nSPS) is 16.3. The minimum atomic E-state index is -0.987. The Hall–Kier alpha value is -4.01. The molecular formula is C21H18N2O7. The summed E-state index contributed by atoms with van der Waals surface area (Å²) in [5.74, 6) is -0.590. The Morgan fingerprint density at radius 2 is 1.93 bits per heavy atom. The third kappa shape index (κ3) is 3.00. The molecule has 0 bridgehead atoms. The quantitative estimate of drug-likeness (QED) is 0.615. The first kappa shape index (κ1) is 19.3. The molecule has 0 unspecified atom stereocenters. The summed E-state index contributed by atoms with van der Waals surface area (Å²) in [6.07, 6.45) is 1.34. The number of furan rings is 1. The fraction of sp³-hybridized carbons (Fsp3) is 0.190. The minimum Gasteiger partial charge on any atom is -0.503 e. The number of carbonyl (C=O) groups is 2. The molecule has 1 aliphatic heterocycles. The lowest BCUT2D eigenvalue weighted by atomic mass is 9.94. The second kappa shape index (κ2) is 7.43. The summed E-state index contributed by atoms with van der Waals surface area (Å²) in [7, 11) is 2.97. The molecule has 1 N–H and O–H groups in total. The molecule has 0 spiro atoms. The number of benzene rings is 1. The van der Waals surface area contributed by atoms with Crippen LogP contribution in [0.1, 0.15) is 27.9 Å². The van der Waals surface area contributed by atoms with Crippen molar-refractivity contribution in [3.63, 3.8) is 0 Å². The largest absolute Gasteiger partial charge is 0.503 e. The average molecular weight is 410 g/mol. The Morgan fingerprint density at radius 3 is 2.53 bits per heavy atom. The molecule has 30 heavy (non-hydrogen) atoms. The predicted molar refractivity (Wildman–Crippen MR) is 104 cm³/mol. The fourth-order valence-electron chi connectivity index (χ4n) is 3.42. The van der Waals surface area contributed by atoms with E-state index in [0.717, 1.165) is 0 Å². The van der Waals surface area contributed by atoms with E-state index < -0.39 is 23.5 Å². The van der Waals surface area contributed by atoms with Crippen LogP contribution >= 0.6 is 0 Å². The highest BCUT2D eigenvalue weighted by atomic mass is 16.5. The second-order valence-corrected chi connectivity index (χ2v) is 6.56. The van der Waals surface area contributed by atoms with Gasteiger partial charge in [0.05, 0.1) is 32.1 Å². The molecule has 3 aromatic rings. The Kier molecular flexibility index (Phi) is 4.78. The van der Waals surface area contributed by atoms with Crippen molar-refractivity contribution in [2.75, 3.05) is 19.1 Å². The van der Waals surface area contributed by atoms with Crippen LogP contribution in [0.15, 0.2) is 62.9 Å². The van der Waals surface area contributed by atoms with Gasteiger partial charge in [-0.15, -0.1) is 0 Å². The molecule has 0 radical (unpaired) electrons. The molecule has 0 saturated carbocycles. The maximum atomic E-state index is 13.1. The van der Waals surface area contributed by atoms with Gasteiger partial charge in [0.25, 0.3) is 5.91 Å². The first-order chi connectivity index (χ1) is 14.5. The summed E-state index contributed by atoms with van der Waals surface area (Å²) in [4.78, 5) is 27.3. The molecule has 0 aliphatic carbocycles. The maximum absolute atomic E-state index is 13.1. The van der Waals surface area contributed by atoms with Gasteiger partial charge >= 0.3 is 0 Å². The number of rotatable bonds is 6. The van der Waals surface area contributed by atoms with Crippen LogP contribution in [-0.2, 0) is 4.79 Å². The van der Waals surface area contributed by atoms with Gasteiger partial charge in [-0.3, -0.25) is 14.5 Å². The smallest absolute Gasteiger partial charge is 0.295 e. The van der Waals surface area contributed by atoms with Crippen molar-refractivity contribution in [3.05, 3.63) is 71.1 Å². The predicted octanol–water partition coefficient (Wildman–Crippen LogP) is 3.38.